The van der Waals surface area contributed by atoms with E-state index in [1.807, 2.05) is 36.7 Å². The first kappa shape index (κ1) is 24.4. The Labute approximate surface area is 207 Å². The zero-order valence-corrected chi connectivity index (χ0v) is 21.6. The van der Waals surface area contributed by atoms with Gasteiger partial charge in [0.2, 0.25) is 0 Å². The molecular weight excluding hydrogens is 491 g/mol. The number of carboxylic acid groups (broad SMARTS) is 1. The summed E-state index contributed by atoms with van der Waals surface area (Å²) >= 11 is -0.564. The Bertz CT molecular complexity index is 1050. The number of ether oxygens (including phenoxy) is 1. The molecule has 8 heteroatoms. The second-order valence-electron chi connectivity index (χ2n) is 8.42. The molecular formula is C26H31AsN4O3. The first-order valence-corrected chi connectivity index (χ1v) is 13.7. The van der Waals surface area contributed by atoms with Crippen molar-refractivity contribution in [1.29, 1.82) is 0 Å². The van der Waals surface area contributed by atoms with Gasteiger partial charge in [-0.3, -0.25) is 4.79 Å². The van der Waals surface area contributed by atoms with Gasteiger partial charge in [0.05, 0.1) is 0 Å². The monoisotopic (exact) mass is 522 g/mol. The van der Waals surface area contributed by atoms with E-state index in [0.717, 1.165) is 60.6 Å². The summed E-state index contributed by atoms with van der Waals surface area (Å²) in [4.78, 5) is 24.7. The molecule has 1 aliphatic heterocycles. The number of aromatic nitrogens is 2. The zero-order chi connectivity index (χ0) is 23.8. The van der Waals surface area contributed by atoms with Gasteiger partial charge in [0.25, 0.3) is 0 Å². The van der Waals surface area contributed by atoms with Crippen molar-refractivity contribution in [2.45, 2.75) is 12.8 Å². The van der Waals surface area contributed by atoms with Crippen LogP contribution in [0.1, 0.15) is 12.0 Å². The Morgan fingerprint density at radius 2 is 1.53 bits per heavy atom. The van der Waals surface area contributed by atoms with Crippen LogP contribution in [0.2, 0.25) is 0 Å². The second-order valence-corrected chi connectivity index (χ2v) is 11.1. The van der Waals surface area contributed by atoms with E-state index in [1.54, 1.807) is 7.11 Å². The Morgan fingerprint density at radius 3 is 2.12 bits per heavy atom. The van der Waals surface area contributed by atoms with Crippen LogP contribution in [-0.2, 0) is 11.2 Å². The molecule has 1 N–H and O–H groups in total. The van der Waals surface area contributed by atoms with Gasteiger partial charge in [-0.2, -0.15) is 0 Å². The molecule has 178 valence electrons. The average Bonchev–Trinajstić information content (AvgIpc) is 2.88. The Kier molecular flexibility index (Phi) is 8.69. The summed E-state index contributed by atoms with van der Waals surface area (Å²) in [5.41, 5.74) is 3.44. The number of nitrogens with zero attached hydrogens (tertiary/aromatic N) is 4. The van der Waals surface area contributed by atoms with Crippen LogP contribution in [0.5, 0.6) is 5.75 Å². The number of piperazine rings is 1. The molecule has 2 aromatic carbocycles. The molecule has 34 heavy (non-hydrogen) atoms. The van der Waals surface area contributed by atoms with E-state index in [-0.39, 0.29) is 6.42 Å². The predicted octanol–water partition coefficient (Wildman–Crippen LogP) is 1.17. The third-order valence-electron chi connectivity index (χ3n) is 6.11. The number of hydrogen-bond donors (Lipinski definition) is 1. The molecule has 1 fully saturated rings. The van der Waals surface area contributed by atoms with Crippen molar-refractivity contribution in [3.63, 3.8) is 0 Å². The van der Waals surface area contributed by atoms with Crippen LogP contribution in [0.15, 0.2) is 60.9 Å². The number of aliphatic carboxylic acids is 1. The van der Waals surface area contributed by atoms with Gasteiger partial charge in [0, 0.05) is 0 Å². The Balaban J connectivity index is 1.23. The quantitative estimate of drug-likeness (QED) is 0.401. The molecule has 4 rings (SSSR count). The summed E-state index contributed by atoms with van der Waals surface area (Å²) in [7, 11) is 1.67. The maximum atomic E-state index is 10.7. The average molecular weight is 522 g/mol. The molecule has 0 radical (unpaired) electrons. The molecule has 1 aliphatic rings. The van der Waals surface area contributed by atoms with Gasteiger partial charge in [-0.25, -0.2) is 0 Å². The fourth-order valence-electron chi connectivity index (χ4n) is 3.99. The van der Waals surface area contributed by atoms with Crippen molar-refractivity contribution >= 4 is 30.7 Å². The van der Waals surface area contributed by atoms with E-state index in [4.69, 9.17) is 9.84 Å². The summed E-state index contributed by atoms with van der Waals surface area (Å²) in [6, 6.07) is 16.8. The van der Waals surface area contributed by atoms with E-state index in [0.29, 0.717) is 6.54 Å². The van der Waals surface area contributed by atoms with E-state index in [1.165, 1.54) is 9.91 Å². The number of carbonyl (C=O) groups is 1. The Hall–Kier alpha value is -2.73. The van der Waals surface area contributed by atoms with Crippen molar-refractivity contribution in [1.82, 2.24) is 19.8 Å². The molecule has 0 bridgehead atoms. The summed E-state index contributed by atoms with van der Waals surface area (Å²) in [6.07, 6.45) is 5.07. The third kappa shape index (κ3) is 7.13. The van der Waals surface area contributed by atoms with Crippen LogP contribution in [0.25, 0.3) is 11.1 Å². The van der Waals surface area contributed by atoms with Crippen molar-refractivity contribution < 1.29 is 14.6 Å². The van der Waals surface area contributed by atoms with Crippen molar-refractivity contribution in [2.75, 3.05) is 46.4 Å². The minimum atomic E-state index is -0.717. The minimum absolute atomic E-state index is 0.229. The van der Waals surface area contributed by atoms with Crippen molar-refractivity contribution in [3.05, 3.63) is 66.5 Å². The number of carboxylic acids is 1. The van der Waals surface area contributed by atoms with Crippen LogP contribution in [0.3, 0.4) is 0 Å². The number of benzene rings is 2. The van der Waals surface area contributed by atoms with Crippen LogP contribution >= 0.6 is 0 Å². The van der Waals surface area contributed by atoms with Crippen molar-refractivity contribution in [2.24, 2.45) is 0 Å². The standard InChI is InChI=1S/C26H31AsN4O3/c1-34-24-8-4-21(5-9-24)22-18-28-26(29-19-22)27-23-6-2-20(3-7-23)10-12-30-14-16-31(17-15-30)13-11-25(32)33/h2-9,18-19,27H,10-17H2,1H3,(H,32,33). The van der Waals surface area contributed by atoms with Gasteiger partial charge in [-0.15, -0.1) is 0 Å². The fourth-order valence-corrected chi connectivity index (χ4v) is 5.77. The molecule has 2 heterocycles. The number of hydrogen-bond acceptors (Lipinski definition) is 6. The molecule has 0 spiro atoms. The number of rotatable bonds is 10. The van der Waals surface area contributed by atoms with Gasteiger partial charge in [-0.05, 0) is 0 Å². The maximum absolute atomic E-state index is 10.7. The van der Waals surface area contributed by atoms with Crippen molar-refractivity contribution in [3.8, 4) is 16.9 Å². The molecule has 1 atom stereocenters. The van der Waals surface area contributed by atoms with Gasteiger partial charge >= 0.3 is 198 Å². The summed E-state index contributed by atoms with van der Waals surface area (Å²) < 4.78 is 7.48. The molecule has 3 aromatic rings. The van der Waals surface area contributed by atoms with Crippen LogP contribution in [0, 0.1) is 0 Å². The molecule has 0 aliphatic carbocycles. The predicted molar refractivity (Wildman–Crippen MR) is 136 cm³/mol. The third-order valence-corrected chi connectivity index (χ3v) is 8.42. The molecule has 0 amide bonds. The second kappa shape index (κ2) is 12.1. The topological polar surface area (TPSA) is 78.8 Å². The SMILES string of the molecule is COc1ccc(-c2cnc([AsH]c3ccc(CCN4CCN(CCC(=O)O)CC4)cc3)nc2)cc1. The van der Waals surface area contributed by atoms with E-state index < -0.39 is 21.7 Å². The van der Waals surface area contributed by atoms with Gasteiger partial charge in [-0.1, -0.05) is 0 Å². The molecule has 1 saturated heterocycles. The summed E-state index contributed by atoms with van der Waals surface area (Å²) in [5.74, 6) is 0.123. The van der Waals surface area contributed by atoms with Crippen LogP contribution < -0.4 is 13.7 Å². The summed E-state index contributed by atoms with van der Waals surface area (Å²) in [5, 5.41) is 8.83. The first-order valence-electron chi connectivity index (χ1n) is 11.6. The van der Waals surface area contributed by atoms with E-state index in [9.17, 15) is 4.79 Å². The van der Waals surface area contributed by atoms with Crippen LogP contribution in [-0.4, -0.2) is 93.0 Å². The number of methoxy groups -OCH3 is 1. The molecule has 7 nitrogen and oxygen atoms in total. The van der Waals surface area contributed by atoms with E-state index >= 15 is 0 Å². The normalized spacial score (nSPS) is 15.1. The summed E-state index contributed by atoms with van der Waals surface area (Å²) in [6.45, 7) is 5.62. The molecule has 0 saturated carbocycles. The Morgan fingerprint density at radius 1 is 0.912 bits per heavy atom. The molecule has 1 unspecified atom stereocenters. The van der Waals surface area contributed by atoms with Gasteiger partial charge in [0.1, 0.15) is 0 Å². The van der Waals surface area contributed by atoms with Gasteiger partial charge in [0.15, 0.2) is 0 Å². The molecule has 1 aromatic heterocycles. The van der Waals surface area contributed by atoms with Gasteiger partial charge < -0.3 is 5.11 Å². The van der Waals surface area contributed by atoms with Crippen LogP contribution in [0.4, 0.5) is 0 Å². The zero-order valence-electron chi connectivity index (χ0n) is 19.5. The first-order chi connectivity index (χ1) is 16.6. The van der Waals surface area contributed by atoms with E-state index in [2.05, 4.69) is 44.0 Å². The fraction of sp³-hybridized carbons (Fsp3) is 0.346.